The molecular weight excluding hydrogens is 769 g/mol. The molecule has 0 aliphatic rings. The maximum Gasteiger partial charge on any atom is 0.327 e. The predicted octanol–water partition coefficient (Wildman–Crippen LogP) is 8.59. The zero-order valence-corrected chi connectivity index (χ0v) is 36.9. The van der Waals surface area contributed by atoms with Crippen LogP contribution in [0.15, 0.2) is 0 Å². The van der Waals surface area contributed by atoms with Crippen molar-refractivity contribution in [3.05, 3.63) is 0 Å². The first kappa shape index (κ1) is 55.8. The molecule has 0 aromatic heterocycles. The summed E-state index contributed by atoms with van der Waals surface area (Å²) in [5.41, 5.74) is 0. The molecule has 0 aliphatic heterocycles. The molecule has 16 heteroatoms. The number of hydrogen-bond acceptors (Lipinski definition) is 12. The van der Waals surface area contributed by atoms with Crippen molar-refractivity contribution in [1.29, 1.82) is 0 Å². The van der Waals surface area contributed by atoms with Crippen LogP contribution in [0.5, 0.6) is 0 Å². The lowest BCUT2D eigenvalue weighted by Gasteiger charge is -2.17. The molecule has 0 aromatic carbocycles. The van der Waals surface area contributed by atoms with Crippen molar-refractivity contribution in [3.8, 4) is 0 Å². The minimum atomic E-state index is -4.76. The minimum absolute atomic E-state index is 0.0536. The molecule has 2 N–H and O–H groups in total. The molecule has 56 heavy (non-hydrogen) atoms. The van der Waals surface area contributed by atoms with Gasteiger partial charge in [-0.25, -0.2) is 0 Å². The Morgan fingerprint density at radius 2 is 0.768 bits per heavy atom. The van der Waals surface area contributed by atoms with Crippen LogP contribution in [0.2, 0.25) is 0 Å². The SMILES string of the molecule is CCCCCC(C)COC(=O)CC(C(=O)OCC(C)CCCCC)S(=O)(=O)O.CCCCCCCCOC(=O)CC(C(=O)OCCCCCCCC)S(=O)(=O)O. The van der Waals surface area contributed by atoms with E-state index >= 15 is 0 Å². The van der Waals surface area contributed by atoms with Crippen molar-refractivity contribution in [3.63, 3.8) is 0 Å². The summed E-state index contributed by atoms with van der Waals surface area (Å²) in [6.45, 7) is 12.7. The summed E-state index contributed by atoms with van der Waals surface area (Å²) >= 11 is 0. The lowest BCUT2D eigenvalue weighted by atomic mass is 10.0. The van der Waals surface area contributed by atoms with Crippen LogP contribution in [-0.4, -0.2) is 86.7 Å². The van der Waals surface area contributed by atoms with Gasteiger partial charge in [0.2, 0.25) is 0 Å². The summed E-state index contributed by atoms with van der Waals surface area (Å²) < 4.78 is 84.5. The molecule has 0 spiro atoms. The van der Waals surface area contributed by atoms with E-state index < -0.39 is 67.5 Å². The first-order valence-corrected chi connectivity index (χ1v) is 24.0. The molecule has 0 aromatic rings. The molecule has 0 saturated carbocycles. The first-order valence-electron chi connectivity index (χ1n) is 21.0. The van der Waals surface area contributed by atoms with Gasteiger partial charge in [0.1, 0.15) is 0 Å². The first-order chi connectivity index (χ1) is 26.4. The van der Waals surface area contributed by atoms with Gasteiger partial charge in [0.25, 0.3) is 20.2 Å². The van der Waals surface area contributed by atoms with Gasteiger partial charge >= 0.3 is 23.9 Å². The fraction of sp³-hybridized carbons (Fsp3) is 0.900. The van der Waals surface area contributed by atoms with Crippen LogP contribution in [-0.2, 0) is 58.4 Å². The third kappa shape index (κ3) is 32.8. The van der Waals surface area contributed by atoms with E-state index in [1.54, 1.807) is 0 Å². The number of esters is 4. The Kier molecular flexibility index (Phi) is 34.6. The number of rotatable bonds is 34. The van der Waals surface area contributed by atoms with E-state index in [0.29, 0.717) is 12.8 Å². The van der Waals surface area contributed by atoms with E-state index in [1.807, 2.05) is 13.8 Å². The highest BCUT2D eigenvalue weighted by molar-refractivity contribution is 7.87. The molecule has 0 amide bonds. The van der Waals surface area contributed by atoms with Crippen LogP contribution in [0.4, 0.5) is 0 Å². The zero-order chi connectivity index (χ0) is 42.8. The fourth-order valence-electron chi connectivity index (χ4n) is 5.46. The Bertz CT molecular complexity index is 1250. The second kappa shape index (κ2) is 34.7. The molecule has 4 atom stereocenters. The monoisotopic (exact) mass is 844 g/mol. The van der Waals surface area contributed by atoms with E-state index in [0.717, 1.165) is 109 Å². The maximum absolute atomic E-state index is 12.1. The van der Waals surface area contributed by atoms with Gasteiger partial charge in [-0.1, -0.05) is 144 Å². The Labute approximate surface area is 338 Å². The van der Waals surface area contributed by atoms with Crippen LogP contribution in [0.1, 0.15) is 183 Å². The number of carbonyl (C=O) groups is 4. The highest BCUT2D eigenvalue weighted by Gasteiger charge is 2.37. The van der Waals surface area contributed by atoms with Crippen molar-refractivity contribution in [1.82, 2.24) is 0 Å². The van der Waals surface area contributed by atoms with Crippen LogP contribution in [0, 0.1) is 11.8 Å². The molecule has 332 valence electrons. The highest BCUT2D eigenvalue weighted by atomic mass is 32.2. The number of carbonyl (C=O) groups excluding carboxylic acids is 4. The summed E-state index contributed by atoms with van der Waals surface area (Å²) in [5.74, 6) is -3.65. The minimum Gasteiger partial charge on any atom is -0.466 e. The molecule has 0 saturated heterocycles. The molecule has 0 rings (SSSR count). The lowest BCUT2D eigenvalue weighted by Crippen LogP contribution is -2.35. The summed E-state index contributed by atoms with van der Waals surface area (Å²) in [6, 6.07) is 0. The molecule has 14 nitrogen and oxygen atoms in total. The van der Waals surface area contributed by atoms with E-state index in [4.69, 9.17) is 18.9 Å². The fourth-order valence-corrected chi connectivity index (χ4v) is 6.78. The second-order valence-corrected chi connectivity index (χ2v) is 18.1. The third-order valence-corrected chi connectivity index (χ3v) is 11.2. The third-order valence-electron chi connectivity index (χ3n) is 9.09. The maximum atomic E-state index is 12.1. The zero-order valence-electron chi connectivity index (χ0n) is 35.3. The van der Waals surface area contributed by atoms with Gasteiger partial charge in [0.05, 0.1) is 39.3 Å². The molecule has 0 aliphatic carbocycles. The van der Waals surface area contributed by atoms with E-state index in [-0.39, 0.29) is 38.3 Å². The molecule has 0 heterocycles. The highest BCUT2D eigenvalue weighted by Crippen LogP contribution is 2.16. The number of unbranched alkanes of at least 4 members (excludes halogenated alkanes) is 14. The molecule has 4 unspecified atom stereocenters. The van der Waals surface area contributed by atoms with E-state index in [2.05, 4.69) is 27.7 Å². The largest absolute Gasteiger partial charge is 0.466 e. The molecule has 0 bridgehead atoms. The Hall–Kier alpha value is -2.30. The van der Waals surface area contributed by atoms with Crippen LogP contribution in [0.25, 0.3) is 0 Å². The van der Waals surface area contributed by atoms with Gasteiger partial charge in [0.15, 0.2) is 10.5 Å². The van der Waals surface area contributed by atoms with Crippen molar-refractivity contribution < 1.29 is 64.1 Å². The number of hydrogen-bond donors (Lipinski definition) is 2. The topological polar surface area (TPSA) is 214 Å². The van der Waals surface area contributed by atoms with E-state index in [1.165, 1.54) is 6.42 Å². The van der Waals surface area contributed by atoms with Crippen LogP contribution in [0.3, 0.4) is 0 Å². The lowest BCUT2D eigenvalue weighted by molar-refractivity contribution is -0.151. The van der Waals surface area contributed by atoms with Crippen LogP contribution >= 0.6 is 0 Å². The smallest absolute Gasteiger partial charge is 0.327 e. The summed E-state index contributed by atoms with van der Waals surface area (Å²) in [6.07, 6.45) is 18.8. The van der Waals surface area contributed by atoms with E-state index in [9.17, 15) is 45.1 Å². The Balaban J connectivity index is 0. The van der Waals surface area contributed by atoms with Crippen molar-refractivity contribution in [2.75, 3.05) is 26.4 Å². The standard InChI is InChI=1S/2C20H38O7S/c1-5-7-9-11-16(3)14-26-19(21)13-18(28(23,24)25)20(22)27-15-17(4)12-10-8-6-2;1-3-5-7-9-11-13-15-26-19(21)17-18(28(23,24)25)20(22)27-16-14-12-10-8-6-4-2/h16-18H,5-15H2,1-4H3,(H,23,24,25);18H,3-17H2,1-2H3,(H,23,24,25). The van der Waals surface area contributed by atoms with Gasteiger partial charge in [-0.15, -0.1) is 0 Å². The molecule has 0 radical (unpaired) electrons. The second-order valence-electron chi connectivity index (χ2n) is 14.9. The Morgan fingerprint density at radius 3 is 1.18 bits per heavy atom. The average molecular weight is 845 g/mol. The van der Waals surface area contributed by atoms with Crippen molar-refractivity contribution in [2.45, 2.75) is 193 Å². The van der Waals surface area contributed by atoms with Gasteiger partial charge in [-0.3, -0.25) is 28.3 Å². The van der Waals surface area contributed by atoms with Crippen molar-refractivity contribution in [2.24, 2.45) is 11.8 Å². The Morgan fingerprint density at radius 1 is 0.446 bits per heavy atom. The quantitative estimate of drug-likeness (QED) is 0.0269. The number of ether oxygens (including phenoxy) is 4. The molecular formula is C40H76O14S2. The summed E-state index contributed by atoms with van der Waals surface area (Å²) in [5, 5.41) is -3.87. The van der Waals surface area contributed by atoms with Gasteiger partial charge < -0.3 is 18.9 Å². The summed E-state index contributed by atoms with van der Waals surface area (Å²) in [4.78, 5) is 47.8. The normalized spacial score (nSPS) is 13.7. The predicted molar refractivity (Wildman–Crippen MR) is 217 cm³/mol. The van der Waals surface area contributed by atoms with Crippen molar-refractivity contribution >= 4 is 44.1 Å². The summed E-state index contributed by atoms with van der Waals surface area (Å²) in [7, 11) is -9.49. The van der Waals surface area contributed by atoms with Gasteiger partial charge in [-0.05, 0) is 37.5 Å². The van der Waals surface area contributed by atoms with Gasteiger partial charge in [0, 0.05) is 0 Å². The van der Waals surface area contributed by atoms with Crippen LogP contribution < -0.4 is 0 Å². The molecule has 0 fully saturated rings. The van der Waals surface area contributed by atoms with Gasteiger partial charge in [-0.2, -0.15) is 16.8 Å². The average Bonchev–Trinajstić information content (AvgIpc) is 3.13.